The van der Waals surface area contributed by atoms with Crippen LogP contribution >= 0.6 is 11.3 Å². The molecular weight excluding hydrogens is 725 g/mol. The lowest BCUT2D eigenvalue weighted by Gasteiger charge is -2.13. The van der Waals surface area contributed by atoms with E-state index in [2.05, 4.69) is 208 Å². The molecular formula is C53H32N4S. The van der Waals surface area contributed by atoms with Crippen LogP contribution in [-0.2, 0) is 0 Å². The molecule has 0 aliphatic heterocycles. The van der Waals surface area contributed by atoms with E-state index in [-0.39, 0.29) is 0 Å². The van der Waals surface area contributed by atoms with Gasteiger partial charge in [-0.1, -0.05) is 109 Å². The van der Waals surface area contributed by atoms with E-state index in [1.165, 1.54) is 69.9 Å². The molecule has 4 aromatic heterocycles. The van der Waals surface area contributed by atoms with Crippen LogP contribution in [0.3, 0.4) is 0 Å². The predicted molar refractivity (Wildman–Crippen MR) is 246 cm³/mol. The van der Waals surface area contributed by atoms with E-state index in [4.69, 9.17) is 4.98 Å². The molecule has 4 nitrogen and oxygen atoms in total. The highest BCUT2D eigenvalue weighted by molar-refractivity contribution is 7.21. The molecule has 0 bridgehead atoms. The highest BCUT2D eigenvalue weighted by Gasteiger charge is 2.20. The molecule has 5 heteroatoms. The summed E-state index contributed by atoms with van der Waals surface area (Å²) in [4.78, 5) is 5.16. The van der Waals surface area contributed by atoms with E-state index in [1.54, 1.807) is 11.3 Å². The Kier molecular flexibility index (Phi) is 6.57. The molecule has 0 aliphatic carbocycles. The van der Waals surface area contributed by atoms with Gasteiger partial charge in [0.2, 0.25) is 0 Å². The Morgan fingerprint density at radius 3 is 1.29 bits per heavy atom. The molecule has 0 unspecified atom stereocenters. The number of thiazole rings is 1. The minimum Gasteiger partial charge on any atom is -0.309 e. The van der Waals surface area contributed by atoms with Crippen LogP contribution in [0, 0.1) is 0 Å². The van der Waals surface area contributed by atoms with Crippen molar-refractivity contribution < 1.29 is 0 Å². The molecule has 0 radical (unpaired) electrons. The van der Waals surface area contributed by atoms with E-state index < -0.39 is 0 Å². The average Bonchev–Trinajstić information content (AvgIpc) is 4.04. The largest absolute Gasteiger partial charge is 0.309 e. The van der Waals surface area contributed by atoms with Crippen molar-refractivity contribution >= 4 is 97.7 Å². The van der Waals surface area contributed by atoms with Crippen molar-refractivity contribution in [2.45, 2.75) is 0 Å². The maximum absolute atomic E-state index is 5.16. The van der Waals surface area contributed by atoms with Crippen LogP contribution in [0.15, 0.2) is 194 Å². The Morgan fingerprint density at radius 1 is 0.328 bits per heavy atom. The zero-order chi connectivity index (χ0) is 37.9. The molecule has 13 rings (SSSR count). The van der Waals surface area contributed by atoms with Crippen LogP contribution in [0.5, 0.6) is 0 Å². The number of nitrogens with zero attached hydrogens (tertiary/aromatic N) is 4. The summed E-state index contributed by atoms with van der Waals surface area (Å²) in [6.07, 6.45) is 0. The van der Waals surface area contributed by atoms with Crippen LogP contribution in [0.4, 0.5) is 0 Å². The first kappa shape index (κ1) is 31.7. The first-order chi connectivity index (χ1) is 28.8. The molecule has 58 heavy (non-hydrogen) atoms. The van der Waals surface area contributed by atoms with Gasteiger partial charge in [-0.15, -0.1) is 11.3 Å². The van der Waals surface area contributed by atoms with Crippen molar-refractivity contribution in [2.75, 3.05) is 0 Å². The van der Waals surface area contributed by atoms with Gasteiger partial charge < -0.3 is 13.7 Å². The third-order valence-electron chi connectivity index (χ3n) is 12.0. The third-order valence-corrected chi connectivity index (χ3v) is 13.1. The Labute approximate surface area is 336 Å². The van der Waals surface area contributed by atoms with E-state index in [1.807, 2.05) is 0 Å². The molecule has 0 N–H and O–H groups in total. The average molecular weight is 757 g/mol. The van der Waals surface area contributed by atoms with Gasteiger partial charge in [0.1, 0.15) is 5.01 Å². The van der Waals surface area contributed by atoms with Crippen LogP contribution < -0.4 is 0 Å². The van der Waals surface area contributed by atoms with Crippen molar-refractivity contribution in [2.24, 2.45) is 0 Å². The molecule has 0 aliphatic rings. The normalized spacial score (nSPS) is 12.1. The Hall–Kier alpha value is -7.47. The smallest absolute Gasteiger partial charge is 0.125 e. The molecule has 0 spiro atoms. The van der Waals surface area contributed by atoms with Crippen LogP contribution in [0.25, 0.3) is 114 Å². The van der Waals surface area contributed by atoms with Gasteiger partial charge in [0, 0.05) is 54.9 Å². The summed E-state index contributed by atoms with van der Waals surface area (Å²) in [6.45, 7) is 0. The van der Waals surface area contributed by atoms with Gasteiger partial charge >= 0.3 is 0 Å². The molecule has 9 aromatic carbocycles. The molecule has 0 fully saturated rings. The molecule has 0 saturated carbocycles. The van der Waals surface area contributed by atoms with Gasteiger partial charge in [-0.3, -0.25) is 0 Å². The van der Waals surface area contributed by atoms with Gasteiger partial charge in [0.25, 0.3) is 0 Å². The molecule has 0 amide bonds. The molecule has 0 atom stereocenters. The maximum Gasteiger partial charge on any atom is 0.125 e. The van der Waals surface area contributed by atoms with Gasteiger partial charge in [-0.2, -0.15) is 0 Å². The predicted octanol–water partition coefficient (Wildman–Crippen LogP) is 14.4. The van der Waals surface area contributed by atoms with Crippen LogP contribution in [-0.4, -0.2) is 18.7 Å². The zero-order valence-corrected chi connectivity index (χ0v) is 32.0. The maximum atomic E-state index is 5.16. The second-order valence-corrected chi connectivity index (χ2v) is 16.2. The summed E-state index contributed by atoms with van der Waals surface area (Å²) in [5.74, 6) is 0. The number of rotatable bonds is 4. The number of fused-ring (bicyclic) bond motifs is 11. The first-order valence-electron chi connectivity index (χ1n) is 19.7. The number of benzene rings is 9. The van der Waals surface area contributed by atoms with E-state index >= 15 is 0 Å². The van der Waals surface area contributed by atoms with Gasteiger partial charge in [-0.05, 0) is 95.7 Å². The molecule has 270 valence electrons. The van der Waals surface area contributed by atoms with Gasteiger partial charge in [-0.25, -0.2) is 4.98 Å². The van der Waals surface area contributed by atoms with Crippen molar-refractivity contribution in [3.05, 3.63) is 194 Å². The lowest BCUT2D eigenvalue weighted by Crippen LogP contribution is -1.97. The summed E-state index contributed by atoms with van der Waals surface area (Å²) in [7, 11) is 0. The summed E-state index contributed by atoms with van der Waals surface area (Å²) < 4.78 is 8.50. The lowest BCUT2D eigenvalue weighted by molar-refractivity contribution is 1.16. The SMILES string of the molecule is c1ccc2c(-c3nc4ccccc4s3)cc(-n3c4ccc(-n5c6ccccc6c6ccccc65)cc4c4cc(-n5c6ccccc6c6ccccc65)ccc43)cc2c1. The Bertz CT molecular complexity index is 3510. The fourth-order valence-electron chi connectivity index (χ4n) is 9.55. The quantitative estimate of drug-likeness (QED) is 0.176. The number of hydrogen-bond donors (Lipinski definition) is 0. The highest BCUT2D eigenvalue weighted by atomic mass is 32.1. The van der Waals surface area contributed by atoms with Crippen molar-refractivity contribution in [3.63, 3.8) is 0 Å². The Balaban J connectivity index is 1.12. The summed E-state index contributed by atoms with van der Waals surface area (Å²) >= 11 is 1.76. The fourth-order valence-corrected chi connectivity index (χ4v) is 10.5. The third kappa shape index (κ3) is 4.47. The minimum atomic E-state index is 1.03. The zero-order valence-electron chi connectivity index (χ0n) is 31.2. The standard InChI is InChI=1S/C53H32N4S/c1-2-14-37-33(13-1)29-36(32-44(37)53-54-45-19-7-12-24-52(45)58-53)57-50-27-25-34(55-46-20-8-3-15-38(46)39-16-4-9-21-47(39)55)30-42(50)43-31-35(26-28-51(43)57)56-48-22-10-5-17-40(48)41-18-6-11-23-49(41)56/h1-32H. The minimum absolute atomic E-state index is 1.03. The van der Waals surface area contributed by atoms with E-state index in [9.17, 15) is 0 Å². The summed E-state index contributed by atoms with van der Waals surface area (Å²) in [5.41, 5.74) is 12.7. The second kappa shape index (κ2) is 12.0. The van der Waals surface area contributed by atoms with Gasteiger partial charge in [0.05, 0.1) is 43.3 Å². The van der Waals surface area contributed by atoms with Crippen molar-refractivity contribution in [3.8, 4) is 27.6 Å². The molecule has 13 aromatic rings. The van der Waals surface area contributed by atoms with Gasteiger partial charge in [0.15, 0.2) is 0 Å². The van der Waals surface area contributed by atoms with Crippen LogP contribution in [0.2, 0.25) is 0 Å². The highest BCUT2D eigenvalue weighted by Crippen LogP contribution is 2.42. The lowest BCUT2D eigenvalue weighted by atomic mass is 10.0. The first-order valence-corrected chi connectivity index (χ1v) is 20.5. The summed E-state index contributed by atoms with van der Waals surface area (Å²) in [5, 5.41) is 10.9. The number of aromatic nitrogens is 4. The number of hydrogen-bond acceptors (Lipinski definition) is 2. The van der Waals surface area contributed by atoms with E-state index in [0.29, 0.717) is 0 Å². The van der Waals surface area contributed by atoms with E-state index in [0.717, 1.165) is 44.2 Å². The van der Waals surface area contributed by atoms with Crippen molar-refractivity contribution in [1.29, 1.82) is 0 Å². The molecule has 4 heterocycles. The molecule has 0 saturated heterocycles. The fraction of sp³-hybridized carbons (Fsp3) is 0. The summed E-state index contributed by atoms with van der Waals surface area (Å²) in [6, 6.07) is 70.9. The topological polar surface area (TPSA) is 27.7 Å². The van der Waals surface area contributed by atoms with Crippen LogP contribution in [0.1, 0.15) is 0 Å². The number of para-hydroxylation sites is 5. The second-order valence-electron chi connectivity index (χ2n) is 15.2. The Morgan fingerprint density at radius 2 is 0.759 bits per heavy atom. The monoisotopic (exact) mass is 756 g/mol. The van der Waals surface area contributed by atoms with Crippen molar-refractivity contribution in [1.82, 2.24) is 18.7 Å².